The summed E-state index contributed by atoms with van der Waals surface area (Å²) < 4.78 is 5.16. The van der Waals surface area contributed by atoms with Gasteiger partial charge in [-0.05, 0) is 17.7 Å². The third-order valence-electron chi connectivity index (χ3n) is 2.17. The van der Waals surface area contributed by atoms with Crippen LogP contribution in [0, 0.1) is 11.8 Å². The molecular weight excluding hydrogens is 246 g/mol. The van der Waals surface area contributed by atoms with Gasteiger partial charge in [0.25, 0.3) is 5.22 Å². The molecular formula is C14H13NO2S. The standard InChI is InChI=1S/C14H13NO2S/c16-8-2-1-4-12-5-3-6-13(10-12)11-18-14-15-7-9-17-14/h3,5-7,9-10,16H,2,8,11H2. The SMILES string of the molecule is OCCC#Cc1cccc(CSc2ncco2)c1. The summed E-state index contributed by atoms with van der Waals surface area (Å²) in [6, 6.07) is 8.03. The predicted octanol–water partition coefficient (Wildman–Crippen LogP) is 2.70. The number of hydrogen-bond acceptors (Lipinski definition) is 4. The molecule has 0 saturated heterocycles. The molecule has 0 fully saturated rings. The molecule has 0 radical (unpaired) electrons. The first-order valence-electron chi connectivity index (χ1n) is 5.59. The van der Waals surface area contributed by atoms with Crippen LogP contribution in [-0.4, -0.2) is 16.7 Å². The molecule has 0 bridgehead atoms. The highest BCUT2D eigenvalue weighted by Gasteiger charge is 2.00. The second-order valence-electron chi connectivity index (χ2n) is 3.56. The van der Waals surface area contributed by atoms with Gasteiger partial charge in [-0.1, -0.05) is 35.7 Å². The van der Waals surface area contributed by atoms with Crippen molar-refractivity contribution in [1.82, 2.24) is 4.98 Å². The Hall–Kier alpha value is -1.70. The van der Waals surface area contributed by atoms with Gasteiger partial charge >= 0.3 is 0 Å². The van der Waals surface area contributed by atoms with E-state index in [9.17, 15) is 0 Å². The molecule has 92 valence electrons. The molecule has 4 heteroatoms. The van der Waals surface area contributed by atoms with Crippen molar-refractivity contribution in [2.75, 3.05) is 6.61 Å². The maximum atomic E-state index is 8.67. The van der Waals surface area contributed by atoms with Crippen LogP contribution in [0.2, 0.25) is 0 Å². The Labute approximate surface area is 110 Å². The Morgan fingerprint density at radius 1 is 1.39 bits per heavy atom. The van der Waals surface area contributed by atoms with Gasteiger partial charge in [-0.25, -0.2) is 4.98 Å². The summed E-state index contributed by atoms with van der Waals surface area (Å²) in [4.78, 5) is 4.05. The molecule has 0 aliphatic heterocycles. The van der Waals surface area contributed by atoms with E-state index in [0.29, 0.717) is 11.6 Å². The van der Waals surface area contributed by atoms with Crippen molar-refractivity contribution in [2.45, 2.75) is 17.4 Å². The zero-order valence-electron chi connectivity index (χ0n) is 9.80. The Morgan fingerprint density at radius 3 is 3.11 bits per heavy atom. The molecule has 0 atom stereocenters. The number of oxazole rings is 1. The minimum Gasteiger partial charge on any atom is -0.440 e. The second kappa shape index (κ2) is 6.90. The highest BCUT2D eigenvalue weighted by molar-refractivity contribution is 7.98. The number of aromatic nitrogens is 1. The van der Waals surface area contributed by atoms with Crippen molar-refractivity contribution in [1.29, 1.82) is 0 Å². The summed E-state index contributed by atoms with van der Waals surface area (Å²) in [6.07, 6.45) is 3.72. The first kappa shape index (κ1) is 12.7. The number of rotatable bonds is 4. The summed E-state index contributed by atoms with van der Waals surface area (Å²) in [5, 5.41) is 9.34. The smallest absolute Gasteiger partial charge is 0.255 e. The summed E-state index contributed by atoms with van der Waals surface area (Å²) in [7, 11) is 0. The third-order valence-corrected chi connectivity index (χ3v) is 3.09. The first-order valence-corrected chi connectivity index (χ1v) is 6.58. The van der Waals surface area contributed by atoms with E-state index in [4.69, 9.17) is 9.52 Å². The number of aliphatic hydroxyl groups excluding tert-OH is 1. The van der Waals surface area contributed by atoms with Crippen LogP contribution in [0.3, 0.4) is 0 Å². The maximum absolute atomic E-state index is 8.67. The van der Waals surface area contributed by atoms with Gasteiger partial charge in [-0.2, -0.15) is 0 Å². The Kier molecular flexibility index (Phi) is 4.88. The Bertz CT molecular complexity index is 540. The summed E-state index contributed by atoms with van der Waals surface area (Å²) in [5.74, 6) is 6.73. The lowest BCUT2D eigenvalue weighted by Crippen LogP contribution is -1.83. The minimum absolute atomic E-state index is 0.104. The minimum atomic E-state index is 0.104. The Morgan fingerprint density at radius 2 is 2.33 bits per heavy atom. The van der Waals surface area contributed by atoms with E-state index in [1.165, 1.54) is 5.56 Å². The second-order valence-corrected chi connectivity index (χ2v) is 4.49. The fraction of sp³-hybridized carbons (Fsp3) is 0.214. The van der Waals surface area contributed by atoms with Gasteiger partial charge in [0.1, 0.15) is 6.26 Å². The zero-order valence-corrected chi connectivity index (χ0v) is 10.6. The molecule has 1 heterocycles. The average molecular weight is 259 g/mol. The van der Waals surface area contributed by atoms with Crippen LogP contribution in [0.15, 0.2) is 46.4 Å². The number of nitrogens with zero attached hydrogens (tertiary/aromatic N) is 1. The molecule has 0 aliphatic carbocycles. The lowest BCUT2D eigenvalue weighted by atomic mass is 10.1. The van der Waals surface area contributed by atoms with Crippen LogP contribution in [0.25, 0.3) is 0 Å². The Balaban J connectivity index is 1.97. The van der Waals surface area contributed by atoms with Gasteiger partial charge in [0, 0.05) is 17.7 Å². The molecule has 18 heavy (non-hydrogen) atoms. The van der Waals surface area contributed by atoms with E-state index in [1.807, 2.05) is 24.3 Å². The molecule has 1 aromatic carbocycles. The van der Waals surface area contributed by atoms with Gasteiger partial charge in [0.15, 0.2) is 0 Å². The number of benzene rings is 1. The van der Waals surface area contributed by atoms with Crippen molar-refractivity contribution >= 4 is 11.8 Å². The molecule has 0 spiro atoms. The summed E-state index contributed by atoms with van der Waals surface area (Å²) >= 11 is 1.55. The van der Waals surface area contributed by atoms with Crippen LogP contribution in [-0.2, 0) is 5.75 Å². The van der Waals surface area contributed by atoms with Crippen molar-refractivity contribution in [2.24, 2.45) is 0 Å². The fourth-order valence-corrected chi connectivity index (χ4v) is 2.11. The van der Waals surface area contributed by atoms with Crippen LogP contribution < -0.4 is 0 Å². The third kappa shape index (κ3) is 3.95. The first-order chi connectivity index (χ1) is 8.88. The van der Waals surface area contributed by atoms with Crippen LogP contribution in [0.5, 0.6) is 0 Å². The predicted molar refractivity (Wildman–Crippen MR) is 71.1 cm³/mol. The highest BCUT2D eigenvalue weighted by atomic mass is 32.2. The van der Waals surface area contributed by atoms with E-state index in [2.05, 4.69) is 16.8 Å². The molecule has 2 aromatic rings. The van der Waals surface area contributed by atoms with E-state index in [1.54, 1.807) is 24.2 Å². The molecule has 0 saturated carbocycles. The van der Waals surface area contributed by atoms with Crippen molar-refractivity contribution in [3.63, 3.8) is 0 Å². The highest BCUT2D eigenvalue weighted by Crippen LogP contribution is 2.20. The number of aliphatic hydroxyl groups is 1. The van der Waals surface area contributed by atoms with E-state index in [-0.39, 0.29) is 6.61 Å². The van der Waals surface area contributed by atoms with E-state index in [0.717, 1.165) is 11.3 Å². The molecule has 2 rings (SSSR count). The lowest BCUT2D eigenvalue weighted by Gasteiger charge is -1.99. The molecule has 3 nitrogen and oxygen atoms in total. The topological polar surface area (TPSA) is 46.3 Å². The fourth-order valence-electron chi connectivity index (χ4n) is 1.39. The molecule has 1 aromatic heterocycles. The quantitative estimate of drug-likeness (QED) is 0.677. The largest absolute Gasteiger partial charge is 0.440 e. The van der Waals surface area contributed by atoms with Crippen LogP contribution >= 0.6 is 11.8 Å². The number of hydrogen-bond donors (Lipinski definition) is 1. The van der Waals surface area contributed by atoms with Crippen LogP contribution in [0.1, 0.15) is 17.5 Å². The normalized spacial score (nSPS) is 9.83. The molecule has 0 unspecified atom stereocenters. The monoisotopic (exact) mass is 259 g/mol. The molecule has 0 aliphatic rings. The van der Waals surface area contributed by atoms with E-state index < -0.39 is 0 Å². The molecule has 1 N–H and O–H groups in total. The average Bonchev–Trinajstić information content (AvgIpc) is 2.90. The maximum Gasteiger partial charge on any atom is 0.255 e. The van der Waals surface area contributed by atoms with Gasteiger partial charge in [0.05, 0.1) is 12.8 Å². The zero-order chi connectivity index (χ0) is 12.6. The summed E-state index contributed by atoms with van der Waals surface area (Å²) in [5.41, 5.74) is 2.14. The summed E-state index contributed by atoms with van der Waals surface area (Å²) in [6.45, 7) is 0.104. The van der Waals surface area contributed by atoms with Gasteiger partial charge in [0.2, 0.25) is 0 Å². The van der Waals surface area contributed by atoms with Crippen molar-refractivity contribution in [3.8, 4) is 11.8 Å². The van der Waals surface area contributed by atoms with E-state index >= 15 is 0 Å². The van der Waals surface area contributed by atoms with Gasteiger partial charge in [-0.15, -0.1) is 0 Å². The van der Waals surface area contributed by atoms with Crippen molar-refractivity contribution in [3.05, 3.63) is 47.9 Å². The van der Waals surface area contributed by atoms with Gasteiger partial charge < -0.3 is 9.52 Å². The van der Waals surface area contributed by atoms with Crippen LogP contribution in [0.4, 0.5) is 0 Å². The number of thioether (sulfide) groups is 1. The van der Waals surface area contributed by atoms with Gasteiger partial charge in [-0.3, -0.25) is 0 Å². The van der Waals surface area contributed by atoms with Crippen molar-refractivity contribution < 1.29 is 9.52 Å². The lowest BCUT2D eigenvalue weighted by molar-refractivity contribution is 0.305. The molecule has 0 amide bonds.